The van der Waals surface area contributed by atoms with Crippen LogP contribution in [0.3, 0.4) is 0 Å². The molecule has 66 valence electrons. The number of aromatic nitrogens is 4. The zero-order chi connectivity index (χ0) is 9.42. The van der Waals surface area contributed by atoms with Crippen LogP contribution in [0.15, 0.2) is 12.5 Å². The van der Waals surface area contributed by atoms with Gasteiger partial charge in [-0.1, -0.05) is 0 Å². The Kier molecular flexibility index (Phi) is 1.38. The van der Waals surface area contributed by atoms with Gasteiger partial charge in [0.25, 0.3) is 0 Å². The van der Waals surface area contributed by atoms with Crippen LogP contribution in [-0.4, -0.2) is 30.7 Å². The Balaban J connectivity index is 2.83. The Hall–Kier alpha value is -2.18. The molecule has 0 spiro atoms. The van der Waals surface area contributed by atoms with Crippen molar-refractivity contribution in [3.05, 3.63) is 18.1 Å². The molecule has 0 amide bonds. The fraction of sp³-hybridized carbons (Fsp3) is 0. The van der Waals surface area contributed by atoms with Crippen molar-refractivity contribution in [1.82, 2.24) is 19.6 Å². The van der Waals surface area contributed by atoms with Crippen LogP contribution in [-0.2, 0) is 0 Å². The van der Waals surface area contributed by atoms with Crippen molar-refractivity contribution in [3.63, 3.8) is 0 Å². The number of nitrogens with two attached hydrogens (primary N) is 1. The molecule has 2 heterocycles. The van der Waals surface area contributed by atoms with Crippen molar-refractivity contribution < 1.29 is 9.90 Å². The predicted molar refractivity (Wildman–Crippen MR) is 42.2 cm³/mol. The number of nitrogens with zero attached hydrogens (tertiary/aromatic N) is 4. The summed E-state index contributed by atoms with van der Waals surface area (Å²) >= 11 is 0. The molecule has 0 fully saturated rings. The molecule has 0 aliphatic carbocycles. The summed E-state index contributed by atoms with van der Waals surface area (Å²) in [6.07, 6.45) is 2.38. The van der Waals surface area contributed by atoms with E-state index in [1.165, 1.54) is 17.0 Å². The van der Waals surface area contributed by atoms with Gasteiger partial charge in [0.05, 0.1) is 6.20 Å². The molecule has 7 nitrogen and oxygen atoms in total. The van der Waals surface area contributed by atoms with Crippen molar-refractivity contribution in [2.45, 2.75) is 0 Å². The van der Waals surface area contributed by atoms with Crippen LogP contribution in [0.1, 0.15) is 10.4 Å². The molecule has 2 aromatic heterocycles. The SMILES string of the molecule is Nc1ncnc2c(C(=O)O)cnn12. The third-order valence-electron chi connectivity index (χ3n) is 1.56. The fourth-order valence-electron chi connectivity index (χ4n) is 0.982. The van der Waals surface area contributed by atoms with E-state index < -0.39 is 5.97 Å². The number of fused-ring (bicyclic) bond motifs is 1. The molecular formula is C6H5N5O2. The number of nitrogen functional groups attached to an aromatic ring is 1. The van der Waals surface area contributed by atoms with Crippen LogP contribution in [0, 0.1) is 0 Å². The first-order valence-corrected chi connectivity index (χ1v) is 3.37. The second-order valence-corrected chi connectivity index (χ2v) is 2.33. The van der Waals surface area contributed by atoms with Crippen molar-refractivity contribution in [2.75, 3.05) is 5.73 Å². The molecule has 7 heteroatoms. The van der Waals surface area contributed by atoms with Gasteiger partial charge in [0.2, 0.25) is 5.95 Å². The van der Waals surface area contributed by atoms with Gasteiger partial charge in [-0.25, -0.2) is 14.8 Å². The first-order chi connectivity index (χ1) is 6.20. The lowest BCUT2D eigenvalue weighted by Crippen LogP contribution is -2.04. The van der Waals surface area contributed by atoms with Crippen molar-refractivity contribution in [3.8, 4) is 0 Å². The smallest absolute Gasteiger partial charge is 0.341 e. The van der Waals surface area contributed by atoms with E-state index in [9.17, 15) is 4.79 Å². The number of rotatable bonds is 1. The van der Waals surface area contributed by atoms with Crippen LogP contribution in [0.4, 0.5) is 5.95 Å². The second-order valence-electron chi connectivity index (χ2n) is 2.33. The molecule has 0 bridgehead atoms. The second kappa shape index (κ2) is 2.41. The summed E-state index contributed by atoms with van der Waals surface area (Å²) < 4.78 is 1.17. The molecule has 0 atom stereocenters. The highest BCUT2D eigenvalue weighted by atomic mass is 16.4. The van der Waals surface area contributed by atoms with E-state index in [4.69, 9.17) is 10.8 Å². The van der Waals surface area contributed by atoms with E-state index in [1.54, 1.807) is 0 Å². The van der Waals surface area contributed by atoms with Gasteiger partial charge >= 0.3 is 5.97 Å². The van der Waals surface area contributed by atoms with Crippen LogP contribution in [0.25, 0.3) is 5.65 Å². The Morgan fingerprint density at radius 3 is 3.00 bits per heavy atom. The lowest BCUT2D eigenvalue weighted by atomic mass is 10.3. The van der Waals surface area contributed by atoms with Gasteiger partial charge in [0.1, 0.15) is 11.9 Å². The highest BCUT2D eigenvalue weighted by molar-refractivity contribution is 5.94. The molecule has 0 saturated carbocycles. The normalized spacial score (nSPS) is 10.5. The first-order valence-electron chi connectivity index (χ1n) is 3.37. The van der Waals surface area contributed by atoms with Gasteiger partial charge in [-0.3, -0.25) is 0 Å². The molecule has 0 aromatic carbocycles. The van der Waals surface area contributed by atoms with E-state index in [2.05, 4.69) is 15.1 Å². The van der Waals surface area contributed by atoms with E-state index in [-0.39, 0.29) is 17.2 Å². The van der Waals surface area contributed by atoms with Crippen LogP contribution >= 0.6 is 0 Å². The zero-order valence-corrected chi connectivity index (χ0v) is 6.38. The summed E-state index contributed by atoms with van der Waals surface area (Å²) in [6, 6.07) is 0. The highest BCUT2D eigenvalue weighted by Gasteiger charge is 2.13. The van der Waals surface area contributed by atoms with Gasteiger partial charge in [0.15, 0.2) is 5.65 Å². The summed E-state index contributed by atoms with van der Waals surface area (Å²) in [5.74, 6) is -0.981. The maximum absolute atomic E-state index is 10.6. The largest absolute Gasteiger partial charge is 0.477 e. The van der Waals surface area contributed by atoms with Crippen LogP contribution in [0.2, 0.25) is 0 Å². The summed E-state index contributed by atoms with van der Waals surface area (Å²) in [7, 11) is 0. The van der Waals surface area contributed by atoms with Crippen molar-refractivity contribution in [1.29, 1.82) is 0 Å². The molecule has 0 saturated heterocycles. The molecule has 2 rings (SSSR count). The summed E-state index contributed by atoms with van der Waals surface area (Å²) in [6.45, 7) is 0. The predicted octanol–water partition coefficient (Wildman–Crippen LogP) is -0.595. The number of carboxylic acid groups (broad SMARTS) is 1. The van der Waals surface area contributed by atoms with Gasteiger partial charge in [-0.2, -0.15) is 9.61 Å². The Labute approximate surface area is 71.8 Å². The monoisotopic (exact) mass is 179 g/mol. The molecule has 0 radical (unpaired) electrons. The third-order valence-corrected chi connectivity index (χ3v) is 1.56. The molecule has 0 aliphatic heterocycles. The van der Waals surface area contributed by atoms with E-state index in [0.29, 0.717) is 0 Å². The lowest BCUT2D eigenvalue weighted by Gasteiger charge is -1.94. The summed E-state index contributed by atoms with van der Waals surface area (Å²) in [5.41, 5.74) is 5.63. The van der Waals surface area contributed by atoms with E-state index >= 15 is 0 Å². The van der Waals surface area contributed by atoms with Crippen molar-refractivity contribution >= 4 is 17.6 Å². The van der Waals surface area contributed by atoms with Crippen LogP contribution < -0.4 is 5.73 Å². The first kappa shape index (κ1) is 7.47. The maximum Gasteiger partial charge on any atom is 0.341 e. The molecule has 2 aromatic rings. The molecule has 13 heavy (non-hydrogen) atoms. The van der Waals surface area contributed by atoms with Gasteiger partial charge in [-0.15, -0.1) is 0 Å². The van der Waals surface area contributed by atoms with Gasteiger partial charge in [0, 0.05) is 0 Å². The molecule has 0 unspecified atom stereocenters. The minimum atomic E-state index is -1.09. The van der Waals surface area contributed by atoms with Crippen LogP contribution in [0.5, 0.6) is 0 Å². The fourth-order valence-corrected chi connectivity index (χ4v) is 0.982. The number of anilines is 1. The van der Waals surface area contributed by atoms with Crippen molar-refractivity contribution in [2.24, 2.45) is 0 Å². The number of hydrogen-bond donors (Lipinski definition) is 2. The Morgan fingerprint density at radius 1 is 1.54 bits per heavy atom. The average Bonchev–Trinajstić information content (AvgIpc) is 2.48. The minimum absolute atomic E-state index is 0.00843. The Bertz CT molecular complexity index is 477. The van der Waals surface area contributed by atoms with Gasteiger partial charge < -0.3 is 10.8 Å². The maximum atomic E-state index is 10.6. The molecule has 3 N–H and O–H groups in total. The Morgan fingerprint density at radius 2 is 2.31 bits per heavy atom. The zero-order valence-electron chi connectivity index (χ0n) is 6.38. The highest BCUT2D eigenvalue weighted by Crippen LogP contribution is 2.08. The summed E-state index contributed by atoms with van der Waals surface area (Å²) in [4.78, 5) is 18.0. The topological polar surface area (TPSA) is 106 Å². The summed E-state index contributed by atoms with van der Waals surface area (Å²) in [5, 5.41) is 12.4. The number of hydrogen-bond acceptors (Lipinski definition) is 5. The number of carbonyl (C=O) groups is 1. The average molecular weight is 179 g/mol. The van der Waals surface area contributed by atoms with Gasteiger partial charge in [-0.05, 0) is 0 Å². The lowest BCUT2D eigenvalue weighted by molar-refractivity contribution is 0.0699. The molecular weight excluding hydrogens is 174 g/mol. The van der Waals surface area contributed by atoms with E-state index in [1.807, 2.05) is 0 Å². The number of aromatic carboxylic acids is 1. The quantitative estimate of drug-likeness (QED) is 0.605. The minimum Gasteiger partial charge on any atom is -0.477 e. The third kappa shape index (κ3) is 0.975. The number of carboxylic acids is 1. The molecule has 0 aliphatic rings. The van der Waals surface area contributed by atoms with E-state index in [0.717, 1.165) is 0 Å². The standard InChI is InChI=1S/C6H5N5O2/c7-6-9-2-8-4-3(5(12)13)1-10-11(4)6/h1-2H,(H,12,13)(H2,7,8,9).